The van der Waals surface area contributed by atoms with Gasteiger partial charge in [0.05, 0.1) is 17.1 Å². The fraction of sp³-hybridized carbons (Fsp3) is 0.632. The number of aliphatic hydroxyl groups is 1. The van der Waals surface area contributed by atoms with Gasteiger partial charge >= 0.3 is 0 Å². The molecule has 1 saturated carbocycles. The first kappa shape index (κ1) is 16.7. The maximum absolute atomic E-state index is 10.4. The van der Waals surface area contributed by atoms with Crippen molar-refractivity contribution in [3.63, 3.8) is 0 Å². The fourth-order valence-electron chi connectivity index (χ4n) is 3.49. The number of nitrogens with zero attached hydrogens (tertiary/aromatic N) is 5. The fourth-order valence-corrected chi connectivity index (χ4v) is 3.49. The molecule has 1 fully saturated rings. The molecule has 0 aromatic carbocycles. The van der Waals surface area contributed by atoms with Gasteiger partial charge in [0, 0.05) is 38.3 Å². The SMILES string of the molecule is CC(C)c1nccc(CN2CCCn3nc([C@H](O)C4CC4)cc3C2)n1. The van der Waals surface area contributed by atoms with E-state index < -0.39 is 0 Å². The van der Waals surface area contributed by atoms with Crippen LogP contribution in [0.4, 0.5) is 0 Å². The molecule has 0 spiro atoms. The van der Waals surface area contributed by atoms with Crippen LogP contribution in [0.25, 0.3) is 0 Å². The molecule has 134 valence electrons. The van der Waals surface area contributed by atoms with Crippen LogP contribution < -0.4 is 0 Å². The second-order valence-electron chi connectivity index (χ2n) is 7.69. The van der Waals surface area contributed by atoms with Crippen molar-refractivity contribution in [2.75, 3.05) is 6.54 Å². The Morgan fingerprint density at radius 2 is 2.12 bits per heavy atom. The Morgan fingerprint density at radius 1 is 1.28 bits per heavy atom. The van der Waals surface area contributed by atoms with E-state index in [-0.39, 0.29) is 6.10 Å². The van der Waals surface area contributed by atoms with Gasteiger partial charge in [-0.05, 0) is 37.3 Å². The molecule has 1 N–H and O–H groups in total. The summed E-state index contributed by atoms with van der Waals surface area (Å²) in [7, 11) is 0. The topological polar surface area (TPSA) is 67.1 Å². The molecule has 0 saturated heterocycles. The van der Waals surface area contributed by atoms with E-state index in [1.54, 1.807) is 0 Å². The number of aromatic nitrogens is 4. The molecule has 0 bridgehead atoms. The van der Waals surface area contributed by atoms with Crippen LogP contribution in [0.5, 0.6) is 0 Å². The Bertz CT molecular complexity index is 737. The molecule has 0 unspecified atom stereocenters. The van der Waals surface area contributed by atoms with Crippen molar-refractivity contribution >= 4 is 0 Å². The zero-order valence-electron chi connectivity index (χ0n) is 15.1. The first-order valence-corrected chi connectivity index (χ1v) is 9.39. The molecule has 1 aliphatic heterocycles. The average molecular weight is 341 g/mol. The summed E-state index contributed by atoms with van der Waals surface area (Å²) < 4.78 is 2.08. The molecular weight excluding hydrogens is 314 g/mol. The molecule has 1 atom stereocenters. The van der Waals surface area contributed by atoms with E-state index in [9.17, 15) is 5.11 Å². The molecule has 6 heteroatoms. The van der Waals surface area contributed by atoms with Crippen LogP contribution in [-0.2, 0) is 19.6 Å². The van der Waals surface area contributed by atoms with Crippen molar-refractivity contribution in [1.82, 2.24) is 24.6 Å². The van der Waals surface area contributed by atoms with Crippen LogP contribution in [0.3, 0.4) is 0 Å². The summed E-state index contributed by atoms with van der Waals surface area (Å²) in [4.78, 5) is 11.5. The van der Waals surface area contributed by atoms with Crippen molar-refractivity contribution in [3.8, 4) is 0 Å². The monoisotopic (exact) mass is 341 g/mol. The summed E-state index contributed by atoms with van der Waals surface area (Å²) in [5.74, 6) is 1.68. The van der Waals surface area contributed by atoms with Crippen LogP contribution in [-0.4, -0.2) is 36.3 Å². The van der Waals surface area contributed by atoms with Crippen molar-refractivity contribution in [2.45, 2.75) is 64.8 Å². The third-order valence-electron chi connectivity index (χ3n) is 5.12. The van der Waals surface area contributed by atoms with E-state index in [0.717, 1.165) is 62.7 Å². The Morgan fingerprint density at radius 3 is 2.88 bits per heavy atom. The van der Waals surface area contributed by atoms with Gasteiger partial charge in [0.1, 0.15) is 11.9 Å². The average Bonchev–Trinajstić information content (AvgIpc) is 3.39. The summed E-state index contributed by atoms with van der Waals surface area (Å²) in [5, 5.41) is 15.0. The molecule has 2 aromatic heterocycles. The number of hydrogen-bond acceptors (Lipinski definition) is 5. The molecule has 25 heavy (non-hydrogen) atoms. The Balaban J connectivity index is 1.48. The highest BCUT2D eigenvalue weighted by atomic mass is 16.3. The first-order chi connectivity index (χ1) is 12.1. The van der Waals surface area contributed by atoms with Crippen LogP contribution in [0.1, 0.15) is 68.0 Å². The second kappa shape index (κ2) is 6.84. The number of rotatable bonds is 5. The molecule has 2 aromatic rings. The minimum Gasteiger partial charge on any atom is -0.386 e. The minimum atomic E-state index is -0.386. The van der Waals surface area contributed by atoms with E-state index in [0.29, 0.717) is 11.8 Å². The van der Waals surface area contributed by atoms with E-state index in [1.165, 1.54) is 5.69 Å². The summed E-state index contributed by atoms with van der Waals surface area (Å²) in [5.41, 5.74) is 3.12. The van der Waals surface area contributed by atoms with Crippen molar-refractivity contribution in [1.29, 1.82) is 0 Å². The third-order valence-corrected chi connectivity index (χ3v) is 5.12. The molecule has 6 nitrogen and oxygen atoms in total. The second-order valence-corrected chi connectivity index (χ2v) is 7.69. The summed E-state index contributed by atoms with van der Waals surface area (Å²) in [6.07, 6.45) is 4.80. The van der Waals surface area contributed by atoms with E-state index >= 15 is 0 Å². The smallest absolute Gasteiger partial charge is 0.131 e. The molecule has 1 aliphatic carbocycles. The Hall–Kier alpha value is -1.79. The van der Waals surface area contributed by atoms with Crippen LogP contribution in [0, 0.1) is 5.92 Å². The normalized spacial score (nSPS) is 19.7. The third kappa shape index (κ3) is 3.75. The lowest BCUT2D eigenvalue weighted by atomic mass is 10.1. The van der Waals surface area contributed by atoms with Gasteiger partial charge in [0.25, 0.3) is 0 Å². The van der Waals surface area contributed by atoms with Gasteiger partial charge in [-0.2, -0.15) is 5.10 Å². The highest BCUT2D eigenvalue weighted by Crippen LogP contribution is 2.40. The van der Waals surface area contributed by atoms with Gasteiger partial charge in [-0.3, -0.25) is 9.58 Å². The number of aryl methyl sites for hydroxylation is 1. The lowest BCUT2D eigenvalue weighted by molar-refractivity contribution is 0.148. The Kier molecular flexibility index (Phi) is 4.56. The number of fused-ring (bicyclic) bond motifs is 1. The summed E-state index contributed by atoms with van der Waals surface area (Å²) in [6, 6.07) is 4.11. The number of aliphatic hydroxyl groups excluding tert-OH is 1. The van der Waals surface area contributed by atoms with Crippen molar-refractivity contribution in [3.05, 3.63) is 41.2 Å². The highest BCUT2D eigenvalue weighted by molar-refractivity contribution is 5.16. The van der Waals surface area contributed by atoms with Gasteiger partial charge in [-0.1, -0.05) is 13.8 Å². The highest BCUT2D eigenvalue weighted by Gasteiger charge is 2.33. The van der Waals surface area contributed by atoms with Gasteiger partial charge in [0.2, 0.25) is 0 Å². The van der Waals surface area contributed by atoms with Gasteiger partial charge in [0.15, 0.2) is 0 Å². The van der Waals surface area contributed by atoms with Gasteiger partial charge in [-0.15, -0.1) is 0 Å². The summed E-state index contributed by atoms with van der Waals surface area (Å²) >= 11 is 0. The lowest BCUT2D eigenvalue weighted by Crippen LogP contribution is -2.23. The quantitative estimate of drug-likeness (QED) is 0.905. The van der Waals surface area contributed by atoms with Gasteiger partial charge in [-0.25, -0.2) is 9.97 Å². The van der Waals surface area contributed by atoms with Crippen LogP contribution in [0.15, 0.2) is 18.3 Å². The zero-order valence-corrected chi connectivity index (χ0v) is 15.1. The maximum Gasteiger partial charge on any atom is 0.131 e. The zero-order chi connectivity index (χ0) is 17.4. The maximum atomic E-state index is 10.4. The van der Waals surface area contributed by atoms with E-state index in [4.69, 9.17) is 4.98 Å². The largest absolute Gasteiger partial charge is 0.386 e. The van der Waals surface area contributed by atoms with E-state index in [2.05, 4.69) is 39.6 Å². The summed E-state index contributed by atoms with van der Waals surface area (Å²) in [6.45, 7) is 7.88. The van der Waals surface area contributed by atoms with Gasteiger partial charge < -0.3 is 5.11 Å². The molecule has 4 rings (SSSR count). The molecule has 3 heterocycles. The first-order valence-electron chi connectivity index (χ1n) is 9.39. The van der Waals surface area contributed by atoms with Crippen LogP contribution >= 0.6 is 0 Å². The molecule has 0 amide bonds. The Labute approximate surface area is 148 Å². The van der Waals surface area contributed by atoms with Crippen molar-refractivity contribution in [2.24, 2.45) is 5.92 Å². The number of hydrogen-bond donors (Lipinski definition) is 1. The standard InChI is InChI=1S/C19H27N5O/c1-13(2)19-20-7-6-15(21-19)11-23-8-3-9-24-16(12-23)10-17(22-24)18(25)14-4-5-14/h6-7,10,13-14,18,25H,3-5,8-9,11-12H2,1-2H3/t18-/m1/s1. The molecule has 0 radical (unpaired) electrons. The lowest BCUT2D eigenvalue weighted by Gasteiger charge is -2.19. The molecular formula is C19H27N5O. The predicted octanol–water partition coefficient (Wildman–Crippen LogP) is 2.65. The predicted molar refractivity (Wildman–Crippen MR) is 94.8 cm³/mol. The van der Waals surface area contributed by atoms with E-state index in [1.807, 2.05) is 12.3 Å². The van der Waals surface area contributed by atoms with Crippen LogP contribution in [0.2, 0.25) is 0 Å². The van der Waals surface area contributed by atoms with Crippen molar-refractivity contribution < 1.29 is 5.11 Å². The minimum absolute atomic E-state index is 0.344. The molecule has 2 aliphatic rings.